The van der Waals surface area contributed by atoms with E-state index in [2.05, 4.69) is 19.2 Å². The Morgan fingerprint density at radius 1 is 1.38 bits per heavy atom. The number of nitrogens with zero attached hydrogens (tertiary/aromatic N) is 1. The van der Waals surface area contributed by atoms with Gasteiger partial charge >= 0.3 is 12.0 Å². The second-order valence-electron chi connectivity index (χ2n) is 6.66. The molecule has 1 saturated heterocycles. The number of carboxylic acids is 1. The standard InChI is InChI=1S/C16H30N2O3/c1-5-8-13(6-2)17-15(21)18-10-7-9-12(11-18)16(3,4)14(19)20/h12-13H,5-11H2,1-4H3,(H,17,21)(H,19,20). The maximum Gasteiger partial charge on any atom is 0.317 e. The molecule has 5 heteroatoms. The fourth-order valence-electron chi connectivity index (χ4n) is 2.92. The fraction of sp³-hybridized carbons (Fsp3) is 0.875. The van der Waals surface area contributed by atoms with Crippen LogP contribution < -0.4 is 5.32 Å². The average molecular weight is 298 g/mol. The van der Waals surface area contributed by atoms with Crippen LogP contribution in [0.25, 0.3) is 0 Å². The summed E-state index contributed by atoms with van der Waals surface area (Å²) in [6.07, 6.45) is 4.71. The van der Waals surface area contributed by atoms with E-state index in [0.717, 1.165) is 38.6 Å². The highest BCUT2D eigenvalue weighted by Crippen LogP contribution is 2.34. The van der Waals surface area contributed by atoms with Crippen molar-refractivity contribution in [1.29, 1.82) is 0 Å². The number of nitrogens with one attached hydrogen (secondary N) is 1. The summed E-state index contributed by atoms with van der Waals surface area (Å²) in [5.41, 5.74) is -0.785. The third-order valence-electron chi connectivity index (χ3n) is 4.74. The largest absolute Gasteiger partial charge is 0.481 e. The highest BCUT2D eigenvalue weighted by Gasteiger charge is 2.40. The van der Waals surface area contributed by atoms with Crippen molar-refractivity contribution in [3.8, 4) is 0 Å². The molecule has 0 aromatic heterocycles. The molecule has 2 unspecified atom stereocenters. The van der Waals surface area contributed by atoms with Crippen molar-refractivity contribution >= 4 is 12.0 Å². The molecule has 2 N–H and O–H groups in total. The molecule has 0 aliphatic carbocycles. The first-order valence-electron chi connectivity index (χ1n) is 8.11. The number of carbonyl (C=O) groups is 2. The quantitative estimate of drug-likeness (QED) is 0.791. The zero-order valence-corrected chi connectivity index (χ0v) is 13.8. The minimum atomic E-state index is -0.785. The molecule has 2 atom stereocenters. The Balaban J connectivity index is 2.63. The molecule has 21 heavy (non-hydrogen) atoms. The molecule has 0 bridgehead atoms. The Morgan fingerprint density at radius 2 is 2.05 bits per heavy atom. The zero-order valence-electron chi connectivity index (χ0n) is 13.8. The number of likely N-dealkylation sites (tertiary alicyclic amines) is 1. The van der Waals surface area contributed by atoms with E-state index in [-0.39, 0.29) is 18.0 Å². The van der Waals surface area contributed by atoms with Crippen LogP contribution in [0.3, 0.4) is 0 Å². The molecule has 0 aromatic carbocycles. The van der Waals surface area contributed by atoms with Crippen LogP contribution in [0.5, 0.6) is 0 Å². The number of piperidine rings is 1. The lowest BCUT2D eigenvalue weighted by Gasteiger charge is -2.39. The third-order valence-corrected chi connectivity index (χ3v) is 4.74. The van der Waals surface area contributed by atoms with Gasteiger partial charge in [-0.1, -0.05) is 20.3 Å². The number of carbonyl (C=O) groups excluding carboxylic acids is 1. The van der Waals surface area contributed by atoms with E-state index in [1.807, 2.05) is 0 Å². The molecular weight excluding hydrogens is 268 g/mol. The van der Waals surface area contributed by atoms with Crippen molar-refractivity contribution in [3.05, 3.63) is 0 Å². The first-order valence-corrected chi connectivity index (χ1v) is 8.11. The minimum Gasteiger partial charge on any atom is -0.481 e. The molecule has 0 spiro atoms. The van der Waals surface area contributed by atoms with Crippen molar-refractivity contribution in [2.45, 2.75) is 65.8 Å². The maximum atomic E-state index is 12.4. The lowest BCUT2D eigenvalue weighted by molar-refractivity contribution is -0.151. The zero-order chi connectivity index (χ0) is 16.0. The lowest BCUT2D eigenvalue weighted by Crippen LogP contribution is -2.51. The van der Waals surface area contributed by atoms with Gasteiger partial charge in [-0.25, -0.2) is 4.79 Å². The van der Waals surface area contributed by atoms with Crippen molar-refractivity contribution < 1.29 is 14.7 Å². The van der Waals surface area contributed by atoms with Crippen LogP contribution in [-0.2, 0) is 4.79 Å². The van der Waals surface area contributed by atoms with E-state index in [0.29, 0.717) is 6.54 Å². The lowest BCUT2D eigenvalue weighted by atomic mass is 9.74. The minimum absolute atomic E-state index is 0.0146. The van der Waals surface area contributed by atoms with Crippen LogP contribution in [0.1, 0.15) is 59.8 Å². The predicted octanol–water partition coefficient (Wildman–Crippen LogP) is 3.10. The number of hydrogen-bond acceptors (Lipinski definition) is 2. The van der Waals surface area contributed by atoms with E-state index in [9.17, 15) is 14.7 Å². The van der Waals surface area contributed by atoms with E-state index in [4.69, 9.17) is 0 Å². The molecule has 0 aromatic rings. The van der Waals surface area contributed by atoms with Gasteiger partial charge in [-0.15, -0.1) is 0 Å². The number of rotatable bonds is 6. The monoisotopic (exact) mass is 298 g/mol. The van der Waals surface area contributed by atoms with Crippen LogP contribution in [0.2, 0.25) is 0 Å². The van der Waals surface area contributed by atoms with Crippen LogP contribution in [0, 0.1) is 11.3 Å². The smallest absolute Gasteiger partial charge is 0.317 e. The number of urea groups is 1. The number of hydrogen-bond donors (Lipinski definition) is 2. The number of aliphatic carboxylic acids is 1. The number of carboxylic acid groups (broad SMARTS) is 1. The van der Waals surface area contributed by atoms with E-state index in [1.165, 1.54) is 0 Å². The highest BCUT2D eigenvalue weighted by molar-refractivity contribution is 5.76. The van der Waals surface area contributed by atoms with Gasteiger partial charge in [0.25, 0.3) is 0 Å². The summed E-state index contributed by atoms with van der Waals surface area (Å²) in [4.78, 5) is 25.5. The van der Waals surface area contributed by atoms with Crippen LogP contribution in [0.15, 0.2) is 0 Å². The van der Waals surface area contributed by atoms with Crippen molar-refractivity contribution in [1.82, 2.24) is 10.2 Å². The first-order chi connectivity index (χ1) is 9.82. The van der Waals surface area contributed by atoms with Crippen molar-refractivity contribution in [2.75, 3.05) is 13.1 Å². The highest BCUT2D eigenvalue weighted by atomic mass is 16.4. The van der Waals surface area contributed by atoms with Crippen molar-refractivity contribution in [3.63, 3.8) is 0 Å². The average Bonchev–Trinajstić information content (AvgIpc) is 2.46. The second kappa shape index (κ2) is 7.66. The molecule has 1 fully saturated rings. The first kappa shape index (κ1) is 17.8. The Bertz CT molecular complexity index is 369. The summed E-state index contributed by atoms with van der Waals surface area (Å²) in [5, 5.41) is 12.4. The molecule has 1 aliphatic rings. The molecule has 122 valence electrons. The fourth-order valence-corrected chi connectivity index (χ4v) is 2.92. The van der Waals surface area contributed by atoms with Gasteiger partial charge in [0.05, 0.1) is 5.41 Å². The Labute approximate surface area is 128 Å². The molecule has 2 amide bonds. The summed E-state index contributed by atoms with van der Waals surface area (Å²) >= 11 is 0. The van der Waals surface area contributed by atoms with E-state index >= 15 is 0 Å². The summed E-state index contributed by atoms with van der Waals surface area (Å²) in [5.74, 6) is -0.770. The van der Waals surface area contributed by atoms with E-state index in [1.54, 1.807) is 18.7 Å². The predicted molar refractivity (Wildman–Crippen MR) is 83.2 cm³/mol. The normalized spacial score (nSPS) is 21.0. The molecule has 1 aliphatic heterocycles. The Hall–Kier alpha value is -1.26. The van der Waals surface area contributed by atoms with Crippen LogP contribution in [-0.4, -0.2) is 41.1 Å². The molecular formula is C16H30N2O3. The van der Waals surface area contributed by atoms with Gasteiger partial charge in [0.1, 0.15) is 0 Å². The Morgan fingerprint density at radius 3 is 2.57 bits per heavy atom. The summed E-state index contributed by atoms with van der Waals surface area (Å²) in [6.45, 7) is 8.96. The van der Waals surface area contributed by atoms with Gasteiger partial charge in [0.2, 0.25) is 0 Å². The molecule has 0 saturated carbocycles. The maximum absolute atomic E-state index is 12.4. The molecule has 1 rings (SSSR count). The van der Waals surface area contributed by atoms with Gasteiger partial charge in [-0.2, -0.15) is 0 Å². The van der Waals surface area contributed by atoms with Gasteiger partial charge in [-0.05, 0) is 45.4 Å². The van der Waals surface area contributed by atoms with Crippen LogP contribution >= 0.6 is 0 Å². The van der Waals surface area contributed by atoms with Gasteiger partial charge < -0.3 is 15.3 Å². The summed E-state index contributed by atoms with van der Waals surface area (Å²) in [7, 11) is 0. The van der Waals surface area contributed by atoms with Crippen LogP contribution in [0.4, 0.5) is 4.79 Å². The topological polar surface area (TPSA) is 69.6 Å². The third kappa shape index (κ3) is 4.61. The van der Waals surface area contributed by atoms with Crippen molar-refractivity contribution in [2.24, 2.45) is 11.3 Å². The molecule has 5 nitrogen and oxygen atoms in total. The Kier molecular flexibility index (Phi) is 6.49. The second-order valence-corrected chi connectivity index (χ2v) is 6.66. The van der Waals surface area contributed by atoms with Gasteiger partial charge in [0, 0.05) is 19.1 Å². The summed E-state index contributed by atoms with van der Waals surface area (Å²) < 4.78 is 0. The van der Waals surface area contributed by atoms with Gasteiger partial charge in [-0.3, -0.25) is 4.79 Å². The molecule has 1 heterocycles. The molecule has 0 radical (unpaired) electrons. The summed E-state index contributed by atoms with van der Waals surface area (Å²) in [6, 6.07) is 0.177. The SMILES string of the molecule is CCCC(CC)NC(=O)N1CCCC(C(C)(C)C(=O)O)C1. The van der Waals surface area contributed by atoms with E-state index < -0.39 is 11.4 Å². The van der Waals surface area contributed by atoms with Gasteiger partial charge in [0.15, 0.2) is 0 Å². The number of amides is 2.